The van der Waals surface area contributed by atoms with Gasteiger partial charge in [0.2, 0.25) is 0 Å². The molecule has 2 rings (SSSR count). The fourth-order valence-corrected chi connectivity index (χ4v) is 2.79. The summed E-state index contributed by atoms with van der Waals surface area (Å²) in [5.41, 5.74) is 7.62. The third kappa shape index (κ3) is 6.77. The minimum Gasteiger partial charge on any atom is -0.370 e. The standard InChI is InChI=1S/C20H24ClN3O3/c21-16-10-9-15(13-22)17(12-16)18(25)24-20(27)19(26)23-11-5-4-8-14-6-2-1-3-7-14/h1-3,6-7,9-10,12,19,23,26H,4-5,8,11,13,22H2,(H,24,25,27). The maximum atomic E-state index is 12.2. The van der Waals surface area contributed by atoms with Crippen molar-refractivity contribution in [2.75, 3.05) is 6.54 Å². The Kier molecular flexibility index (Phi) is 8.42. The van der Waals surface area contributed by atoms with Crippen molar-refractivity contribution in [3.8, 4) is 0 Å². The number of unbranched alkanes of at least 4 members (excludes halogenated alkanes) is 1. The molecule has 0 bridgehead atoms. The average Bonchev–Trinajstić information content (AvgIpc) is 2.68. The van der Waals surface area contributed by atoms with Gasteiger partial charge in [0.05, 0.1) is 0 Å². The highest BCUT2D eigenvalue weighted by molar-refractivity contribution is 6.31. The summed E-state index contributed by atoms with van der Waals surface area (Å²) in [7, 11) is 0. The van der Waals surface area contributed by atoms with Gasteiger partial charge in [0, 0.05) is 17.1 Å². The van der Waals surface area contributed by atoms with Crippen molar-refractivity contribution in [3.05, 3.63) is 70.2 Å². The highest BCUT2D eigenvalue weighted by atomic mass is 35.5. The molecule has 0 aromatic heterocycles. The fraction of sp³-hybridized carbons (Fsp3) is 0.300. The lowest BCUT2D eigenvalue weighted by molar-refractivity contribution is -0.129. The van der Waals surface area contributed by atoms with E-state index in [1.54, 1.807) is 12.1 Å². The van der Waals surface area contributed by atoms with Crippen LogP contribution in [0.2, 0.25) is 5.02 Å². The number of benzene rings is 2. The zero-order valence-electron chi connectivity index (χ0n) is 15.0. The highest BCUT2D eigenvalue weighted by Gasteiger charge is 2.19. The van der Waals surface area contributed by atoms with E-state index in [-0.39, 0.29) is 12.1 Å². The van der Waals surface area contributed by atoms with E-state index in [0.717, 1.165) is 19.3 Å². The van der Waals surface area contributed by atoms with Crippen LogP contribution < -0.4 is 16.4 Å². The summed E-state index contributed by atoms with van der Waals surface area (Å²) in [5, 5.41) is 15.1. The van der Waals surface area contributed by atoms with E-state index in [9.17, 15) is 14.7 Å². The first-order valence-corrected chi connectivity index (χ1v) is 9.18. The van der Waals surface area contributed by atoms with Crippen molar-refractivity contribution in [2.45, 2.75) is 32.0 Å². The summed E-state index contributed by atoms with van der Waals surface area (Å²) < 4.78 is 0. The number of halogens is 1. The Morgan fingerprint density at radius 2 is 1.85 bits per heavy atom. The Hall–Kier alpha value is -2.25. The van der Waals surface area contributed by atoms with Gasteiger partial charge < -0.3 is 10.8 Å². The van der Waals surface area contributed by atoms with E-state index < -0.39 is 18.0 Å². The molecule has 27 heavy (non-hydrogen) atoms. The van der Waals surface area contributed by atoms with Gasteiger partial charge in [-0.2, -0.15) is 0 Å². The summed E-state index contributed by atoms with van der Waals surface area (Å²) >= 11 is 5.89. The third-order valence-corrected chi connectivity index (χ3v) is 4.33. The van der Waals surface area contributed by atoms with Crippen LogP contribution in [0.4, 0.5) is 0 Å². The molecule has 1 unspecified atom stereocenters. The maximum Gasteiger partial charge on any atom is 0.270 e. The number of hydrogen-bond donors (Lipinski definition) is 4. The van der Waals surface area contributed by atoms with Crippen molar-refractivity contribution in [1.82, 2.24) is 10.6 Å². The molecule has 2 amide bonds. The van der Waals surface area contributed by atoms with E-state index in [2.05, 4.69) is 22.8 Å². The van der Waals surface area contributed by atoms with Crippen LogP contribution in [0, 0.1) is 0 Å². The molecular formula is C20H24ClN3O3. The predicted octanol–water partition coefficient (Wildman–Crippen LogP) is 1.99. The summed E-state index contributed by atoms with van der Waals surface area (Å²) in [6, 6.07) is 14.8. The molecular weight excluding hydrogens is 366 g/mol. The van der Waals surface area contributed by atoms with E-state index in [0.29, 0.717) is 17.1 Å². The number of amides is 2. The number of carbonyl (C=O) groups is 2. The quantitative estimate of drug-likeness (QED) is 0.388. The molecule has 144 valence electrons. The highest BCUT2D eigenvalue weighted by Crippen LogP contribution is 2.15. The average molecular weight is 390 g/mol. The zero-order valence-corrected chi connectivity index (χ0v) is 15.7. The molecule has 0 aliphatic heterocycles. The largest absolute Gasteiger partial charge is 0.370 e. The number of aryl methyl sites for hydroxylation is 1. The molecule has 0 radical (unpaired) electrons. The van der Waals surface area contributed by atoms with Crippen LogP contribution in [0.1, 0.15) is 34.3 Å². The molecule has 0 saturated heterocycles. The van der Waals surface area contributed by atoms with Gasteiger partial charge in [-0.15, -0.1) is 0 Å². The molecule has 2 aromatic rings. The van der Waals surface area contributed by atoms with Crippen molar-refractivity contribution in [3.63, 3.8) is 0 Å². The molecule has 5 N–H and O–H groups in total. The molecule has 1 atom stereocenters. The van der Waals surface area contributed by atoms with E-state index >= 15 is 0 Å². The number of nitrogens with one attached hydrogen (secondary N) is 2. The van der Waals surface area contributed by atoms with Crippen LogP contribution >= 0.6 is 11.6 Å². The molecule has 0 heterocycles. The minimum absolute atomic E-state index is 0.135. The smallest absolute Gasteiger partial charge is 0.270 e. The lowest BCUT2D eigenvalue weighted by atomic mass is 10.1. The van der Waals surface area contributed by atoms with E-state index in [1.807, 2.05) is 18.2 Å². The summed E-state index contributed by atoms with van der Waals surface area (Å²) in [6.07, 6.45) is 1.18. The first kappa shape index (κ1) is 21.1. The molecule has 6 nitrogen and oxygen atoms in total. The Morgan fingerprint density at radius 3 is 2.56 bits per heavy atom. The van der Waals surface area contributed by atoms with Crippen LogP contribution in [0.5, 0.6) is 0 Å². The fourth-order valence-electron chi connectivity index (χ4n) is 2.62. The first-order valence-electron chi connectivity index (χ1n) is 8.80. The van der Waals surface area contributed by atoms with Crippen LogP contribution in [-0.2, 0) is 17.8 Å². The lowest BCUT2D eigenvalue weighted by Gasteiger charge is -2.13. The van der Waals surface area contributed by atoms with E-state index in [1.165, 1.54) is 11.6 Å². The van der Waals surface area contributed by atoms with Gasteiger partial charge in [0.15, 0.2) is 6.23 Å². The minimum atomic E-state index is -1.47. The molecule has 0 saturated carbocycles. The second-order valence-electron chi connectivity index (χ2n) is 6.12. The van der Waals surface area contributed by atoms with Crippen LogP contribution in [0.15, 0.2) is 48.5 Å². The number of carbonyl (C=O) groups excluding carboxylic acids is 2. The van der Waals surface area contributed by atoms with Gasteiger partial charge in [-0.3, -0.25) is 20.2 Å². The number of rotatable bonds is 9. The van der Waals surface area contributed by atoms with Crippen molar-refractivity contribution in [1.29, 1.82) is 0 Å². The second kappa shape index (κ2) is 10.8. The summed E-state index contributed by atoms with van der Waals surface area (Å²) in [4.78, 5) is 24.2. The first-order chi connectivity index (χ1) is 13.0. The van der Waals surface area contributed by atoms with Crippen molar-refractivity contribution in [2.24, 2.45) is 5.73 Å². The Balaban J connectivity index is 1.75. The predicted molar refractivity (Wildman–Crippen MR) is 105 cm³/mol. The molecule has 0 fully saturated rings. The Bertz CT molecular complexity index is 768. The van der Waals surface area contributed by atoms with Crippen molar-refractivity contribution < 1.29 is 14.7 Å². The van der Waals surface area contributed by atoms with Crippen LogP contribution in [-0.4, -0.2) is 29.7 Å². The Labute approximate surface area is 163 Å². The van der Waals surface area contributed by atoms with Gasteiger partial charge in [0.1, 0.15) is 0 Å². The van der Waals surface area contributed by atoms with Gasteiger partial charge >= 0.3 is 0 Å². The van der Waals surface area contributed by atoms with E-state index in [4.69, 9.17) is 17.3 Å². The molecule has 0 spiro atoms. The monoisotopic (exact) mass is 389 g/mol. The number of hydrogen-bond acceptors (Lipinski definition) is 5. The topological polar surface area (TPSA) is 104 Å². The number of nitrogens with two attached hydrogens (primary N) is 1. The maximum absolute atomic E-state index is 12.2. The lowest BCUT2D eigenvalue weighted by Crippen LogP contribution is -2.46. The molecule has 0 aliphatic carbocycles. The SMILES string of the molecule is NCc1ccc(Cl)cc1C(=O)NC(=O)C(O)NCCCCc1ccccc1. The molecule has 7 heteroatoms. The zero-order chi connectivity index (χ0) is 19.6. The summed E-state index contributed by atoms with van der Waals surface area (Å²) in [6.45, 7) is 0.594. The van der Waals surface area contributed by atoms with Gasteiger partial charge in [-0.25, -0.2) is 0 Å². The second-order valence-corrected chi connectivity index (χ2v) is 6.56. The van der Waals surface area contributed by atoms with Gasteiger partial charge in [-0.05, 0) is 49.1 Å². The normalized spacial score (nSPS) is 11.8. The third-order valence-electron chi connectivity index (χ3n) is 4.09. The number of aliphatic hydroxyl groups excluding tert-OH is 1. The van der Waals surface area contributed by atoms with Crippen molar-refractivity contribution >= 4 is 23.4 Å². The van der Waals surface area contributed by atoms with Crippen LogP contribution in [0.25, 0.3) is 0 Å². The summed E-state index contributed by atoms with van der Waals surface area (Å²) in [5.74, 6) is -1.46. The van der Waals surface area contributed by atoms with Crippen LogP contribution in [0.3, 0.4) is 0 Å². The van der Waals surface area contributed by atoms with Gasteiger partial charge in [-0.1, -0.05) is 48.0 Å². The number of aliphatic hydroxyl groups is 1. The molecule has 2 aromatic carbocycles. The molecule has 0 aliphatic rings. The Morgan fingerprint density at radius 1 is 1.11 bits per heavy atom. The van der Waals surface area contributed by atoms with Gasteiger partial charge in [0.25, 0.3) is 11.8 Å². The number of imide groups is 1.